The molecule has 2 aromatic rings. The molecular weight excluding hydrogens is 357 g/mol. The second-order valence-electron chi connectivity index (χ2n) is 6.26. The van der Waals surface area contributed by atoms with Crippen LogP contribution in [0.25, 0.3) is 0 Å². The highest BCUT2D eigenvalue weighted by molar-refractivity contribution is 5.90. The third kappa shape index (κ3) is 7.21. The number of anilines is 1. The van der Waals surface area contributed by atoms with Crippen LogP contribution in [-0.4, -0.2) is 12.4 Å². The van der Waals surface area contributed by atoms with E-state index >= 15 is 0 Å². The van der Waals surface area contributed by atoms with Crippen LogP contribution in [0.15, 0.2) is 42.5 Å². The molecule has 0 aliphatic rings. The zero-order valence-electron chi connectivity index (χ0n) is 15.3. The lowest BCUT2D eigenvalue weighted by molar-refractivity contribution is -0.274. The third-order valence-electron chi connectivity index (χ3n) is 3.94. The molecular formula is C20H23F3N2O2. The first-order valence-electron chi connectivity index (χ1n) is 8.76. The van der Waals surface area contributed by atoms with E-state index in [9.17, 15) is 18.0 Å². The summed E-state index contributed by atoms with van der Waals surface area (Å²) < 4.78 is 40.7. The van der Waals surface area contributed by atoms with Crippen LogP contribution in [0.1, 0.15) is 36.5 Å². The number of carbonyl (C=O) groups excluding carboxylic acids is 1. The van der Waals surface area contributed by atoms with Gasteiger partial charge in [-0.25, -0.2) is 4.79 Å². The molecule has 0 aliphatic heterocycles. The first-order chi connectivity index (χ1) is 12.8. The number of aryl methyl sites for hydroxylation is 2. The SMILES string of the molecule is CCCCc1ccc(NC(=O)NCc2cccc(OC(F)(F)F)c2)c(C)c1. The Morgan fingerprint density at radius 1 is 1.11 bits per heavy atom. The molecule has 0 saturated carbocycles. The minimum absolute atomic E-state index is 0.0779. The molecule has 2 N–H and O–H groups in total. The Balaban J connectivity index is 1.90. The third-order valence-corrected chi connectivity index (χ3v) is 3.94. The number of ether oxygens (including phenoxy) is 1. The number of unbranched alkanes of at least 4 members (excludes halogenated alkanes) is 1. The van der Waals surface area contributed by atoms with Gasteiger partial charge < -0.3 is 15.4 Å². The quantitative estimate of drug-likeness (QED) is 0.661. The summed E-state index contributed by atoms with van der Waals surface area (Å²) in [6.45, 7) is 4.13. The topological polar surface area (TPSA) is 50.4 Å². The van der Waals surface area contributed by atoms with Gasteiger partial charge in [-0.05, 0) is 54.7 Å². The Hall–Kier alpha value is -2.70. The molecule has 0 saturated heterocycles. The number of halogens is 3. The molecule has 7 heteroatoms. The van der Waals surface area contributed by atoms with Crippen LogP contribution in [-0.2, 0) is 13.0 Å². The Morgan fingerprint density at radius 2 is 1.89 bits per heavy atom. The lowest BCUT2D eigenvalue weighted by Gasteiger charge is -2.12. The fourth-order valence-corrected chi connectivity index (χ4v) is 2.60. The molecule has 2 rings (SSSR count). The van der Waals surface area contributed by atoms with Crippen molar-refractivity contribution >= 4 is 11.7 Å². The van der Waals surface area contributed by atoms with E-state index < -0.39 is 12.4 Å². The lowest BCUT2D eigenvalue weighted by atomic mass is 10.0. The average Bonchev–Trinajstić information content (AvgIpc) is 2.59. The van der Waals surface area contributed by atoms with Crippen molar-refractivity contribution in [1.82, 2.24) is 5.32 Å². The largest absolute Gasteiger partial charge is 0.573 e. The zero-order chi connectivity index (χ0) is 19.9. The molecule has 0 fully saturated rings. The van der Waals surface area contributed by atoms with E-state index in [4.69, 9.17) is 0 Å². The summed E-state index contributed by atoms with van der Waals surface area (Å²) in [6.07, 6.45) is -1.51. The van der Waals surface area contributed by atoms with Crippen molar-refractivity contribution in [2.24, 2.45) is 0 Å². The number of hydrogen-bond acceptors (Lipinski definition) is 2. The van der Waals surface area contributed by atoms with Gasteiger partial charge in [0.25, 0.3) is 0 Å². The van der Waals surface area contributed by atoms with E-state index in [2.05, 4.69) is 22.3 Å². The highest BCUT2D eigenvalue weighted by Crippen LogP contribution is 2.23. The summed E-state index contributed by atoms with van der Waals surface area (Å²) in [5.41, 5.74) is 3.38. The van der Waals surface area contributed by atoms with Gasteiger partial charge in [-0.15, -0.1) is 13.2 Å². The molecule has 146 valence electrons. The minimum Gasteiger partial charge on any atom is -0.406 e. The van der Waals surface area contributed by atoms with Gasteiger partial charge in [0.1, 0.15) is 5.75 Å². The summed E-state index contributed by atoms with van der Waals surface area (Å²) in [7, 11) is 0. The summed E-state index contributed by atoms with van der Waals surface area (Å²) in [4.78, 5) is 12.1. The van der Waals surface area contributed by atoms with Crippen molar-refractivity contribution < 1.29 is 22.7 Å². The lowest BCUT2D eigenvalue weighted by Crippen LogP contribution is -2.28. The monoisotopic (exact) mass is 380 g/mol. The van der Waals surface area contributed by atoms with Crippen molar-refractivity contribution in [3.63, 3.8) is 0 Å². The summed E-state index contributed by atoms with van der Waals surface area (Å²) in [6, 6.07) is 11.0. The number of amides is 2. The van der Waals surface area contributed by atoms with Gasteiger partial charge in [0.2, 0.25) is 0 Å². The highest BCUT2D eigenvalue weighted by atomic mass is 19.4. The Kier molecular flexibility index (Phi) is 7.10. The maximum absolute atomic E-state index is 12.3. The molecule has 0 aromatic heterocycles. The number of carbonyl (C=O) groups is 1. The van der Waals surface area contributed by atoms with Gasteiger partial charge in [-0.3, -0.25) is 0 Å². The van der Waals surface area contributed by atoms with E-state index in [1.807, 2.05) is 25.1 Å². The van der Waals surface area contributed by atoms with Crippen LogP contribution >= 0.6 is 0 Å². The van der Waals surface area contributed by atoms with Gasteiger partial charge in [0.05, 0.1) is 0 Å². The standard InChI is InChI=1S/C20H23F3N2O2/c1-3-4-6-15-9-10-18(14(2)11-15)25-19(26)24-13-16-7-5-8-17(12-16)27-20(21,22)23/h5,7-12H,3-4,6,13H2,1-2H3,(H2,24,25,26). The van der Waals surface area contributed by atoms with Crippen molar-refractivity contribution in [3.05, 3.63) is 59.2 Å². The number of benzene rings is 2. The van der Waals surface area contributed by atoms with E-state index in [1.165, 1.54) is 23.8 Å². The van der Waals surface area contributed by atoms with Crippen LogP contribution in [0, 0.1) is 6.92 Å². The van der Waals surface area contributed by atoms with Crippen molar-refractivity contribution in [3.8, 4) is 5.75 Å². The highest BCUT2D eigenvalue weighted by Gasteiger charge is 2.31. The van der Waals surface area contributed by atoms with E-state index in [0.717, 1.165) is 24.8 Å². The van der Waals surface area contributed by atoms with Crippen LogP contribution in [0.3, 0.4) is 0 Å². The molecule has 0 aliphatic carbocycles. The zero-order valence-corrected chi connectivity index (χ0v) is 15.3. The smallest absolute Gasteiger partial charge is 0.406 e. The Bertz CT molecular complexity index is 776. The molecule has 0 spiro atoms. The van der Waals surface area contributed by atoms with Gasteiger partial charge >= 0.3 is 12.4 Å². The molecule has 0 atom stereocenters. The molecule has 2 aromatic carbocycles. The summed E-state index contributed by atoms with van der Waals surface area (Å²) in [5, 5.41) is 5.38. The average molecular weight is 380 g/mol. The normalized spacial score (nSPS) is 11.1. The van der Waals surface area contributed by atoms with E-state index in [1.54, 1.807) is 6.07 Å². The molecule has 4 nitrogen and oxygen atoms in total. The maximum Gasteiger partial charge on any atom is 0.573 e. The van der Waals surface area contributed by atoms with Crippen LogP contribution in [0.4, 0.5) is 23.7 Å². The Labute approximate surface area is 156 Å². The number of rotatable bonds is 7. The second kappa shape index (κ2) is 9.30. The van der Waals surface area contributed by atoms with Crippen molar-refractivity contribution in [2.45, 2.75) is 46.0 Å². The predicted molar refractivity (Wildman–Crippen MR) is 98.8 cm³/mol. The molecule has 27 heavy (non-hydrogen) atoms. The second-order valence-corrected chi connectivity index (χ2v) is 6.26. The van der Waals surface area contributed by atoms with Crippen molar-refractivity contribution in [2.75, 3.05) is 5.32 Å². The van der Waals surface area contributed by atoms with E-state index in [0.29, 0.717) is 11.3 Å². The molecule has 0 radical (unpaired) electrons. The van der Waals surface area contributed by atoms with E-state index in [-0.39, 0.29) is 12.3 Å². The summed E-state index contributed by atoms with van der Waals surface area (Å²) in [5.74, 6) is -0.319. The number of nitrogens with one attached hydrogen (secondary N) is 2. The number of urea groups is 1. The van der Waals surface area contributed by atoms with Gasteiger partial charge in [0.15, 0.2) is 0 Å². The summed E-state index contributed by atoms with van der Waals surface area (Å²) >= 11 is 0. The fourth-order valence-electron chi connectivity index (χ4n) is 2.60. The fraction of sp³-hybridized carbons (Fsp3) is 0.350. The van der Waals surface area contributed by atoms with Crippen molar-refractivity contribution in [1.29, 1.82) is 0 Å². The molecule has 0 bridgehead atoms. The predicted octanol–water partition coefficient (Wildman–Crippen LogP) is 5.56. The van der Waals surface area contributed by atoms with Gasteiger partial charge in [0, 0.05) is 12.2 Å². The molecule has 0 unspecified atom stereocenters. The molecule has 2 amide bonds. The first-order valence-corrected chi connectivity index (χ1v) is 8.76. The first kappa shape index (κ1) is 20.6. The van der Waals surface area contributed by atoms with Gasteiger partial charge in [-0.1, -0.05) is 37.6 Å². The maximum atomic E-state index is 12.3. The minimum atomic E-state index is -4.75. The van der Waals surface area contributed by atoms with Crippen LogP contribution in [0.5, 0.6) is 5.75 Å². The molecule has 0 heterocycles. The Morgan fingerprint density at radius 3 is 2.56 bits per heavy atom. The van der Waals surface area contributed by atoms with Crippen LogP contribution < -0.4 is 15.4 Å². The number of hydrogen-bond donors (Lipinski definition) is 2. The number of alkyl halides is 3. The van der Waals surface area contributed by atoms with Gasteiger partial charge in [-0.2, -0.15) is 0 Å². The van der Waals surface area contributed by atoms with Crippen LogP contribution in [0.2, 0.25) is 0 Å².